The van der Waals surface area contributed by atoms with Crippen LogP contribution in [-0.2, 0) is 9.53 Å². The third kappa shape index (κ3) is 4.00. The third-order valence-electron chi connectivity index (χ3n) is 6.15. The summed E-state index contributed by atoms with van der Waals surface area (Å²) in [6, 6.07) is 15.2. The summed E-state index contributed by atoms with van der Waals surface area (Å²) in [6.07, 6.45) is 3.79. The van der Waals surface area contributed by atoms with Crippen LogP contribution in [0.4, 0.5) is 5.69 Å². The lowest BCUT2D eigenvalue weighted by atomic mass is 9.95. The van der Waals surface area contributed by atoms with Gasteiger partial charge in [-0.1, -0.05) is 41.7 Å². The summed E-state index contributed by atoms with van der Waals surface area (Å²) in [4.78, 5) is 37.2. The number of para-hydroxylation sites is 1. The van der Waals surface area contributed by atoms with Gasteiger partial charge in [0.2, 0.25) is 0 Å². The van der Waals surface area contributed by atoms with Gasteiger partial charge in [-0.05, 0) is 43.7 Å². The van der Waals surface area contributed by atoms with E-state index in [-0.39, 0.29) is 12.2 Å². The van der Waals surface area contributed by atoms with Crippen molar-refractivity contribution >= 4 is 40.0 Å². The average Bonchev–Trinajstić information content (AvgIpc) is 3.39. The monoisotopic (exact) mass is 486 g/mol. The normalized spacial score (nSPS) is 15.8. The predicted molar refractivity (Wildman–Crippen MR) is 139 cm³/mol. The first-order valence-corrected chi connectivity index (χ1v) is 12.2. The Bertz CT molecular complexity index is 1640. The maximum Gasteiger partial charge on any atom is 0.338 e. The van der Waals surface area contributed by atoms with Gasteiger partial charge in [0.15, 0.2) is 4.80 Å². The molecule has 0 radical (unpaired) electrons. The number of thiazole rings is 1. The Kier molecular flexibility index (Phi) is 5.90. The van der Waals surface area contributed by atoms with Crippen molar-refractivity contribution in [2.24, 2.45) is 4.99 Å². The molecule has 2 aromatic carbocycles. The number of allylic oxidation sites excluding steroid dienone is 1. The van der Waals surface area contributed by atoms with Gasteiger partial charge in [0.05, 0.1) is 28.5 Å². The largest absolute Gasteiger partial charge is 0.463 e. The number of rotatable bonds is 5. The van der Waals surface area contributed by atoms with E-state index in [2.05, 4.69) is 9.98 Å². The highest BCUT2D eigenvalue weighted by molar-refractivity contribution is 7.07. The Morgan fingerprint density at radius 3 is 2.66 bits per heavy atom. The molecule has 1 aliphatic rings. The number of benzene rings is 2. The highest BCUT2D eigenvalue weighted by Crippen LogP contribution is 2.31. The first kappa shape index (κ1) is 22.9. The van der Waals surface area contributed by atoms with E-state index in [0.717, 1.165) is 27.7 Å². The highest BCUT2D eigenvalue weighted by Gasteiger charge is 2.33. The fourth-order valence-electron chi connectivity index (χ4n) is 4.42. The SMILES string of the molecule is CCOC(=O)C1=C(C)N=c2sc(=Cc3c[nH]c4ccccc34)c(=O)n2C1c1ccc(N(C)C)cc1. The number of hydrogen-bond acceptors (Lipinski definition) is 6. The molecule has 178 valence electrons. The molecule has 0 spiro atoms. The summed E-state index contributed by atoms with van der Waals surface area (Å²) in [5.74, 6) is -0.457. The molecule has 0 saturated carbocycles. The zero-order valence-electron chi connectivity index (χ0n) is 20.0. The number of nitrogens with zero attached hydrogens (tertiary/aromatic N) is 3. The van der Waals surface area contributed by atoms with Gasteiger partial charge < -0.3 is 14.6 Å². The Hall–Kier alpha value is -3.91. The maximum atomic E-state index is 13.8. The number of esters is 1. The van der Waals surface area contributed by atoms with E-state index in [1.165, 1.54) is 11.3 Å². The number of fused-ring (bicyclic) bond motifs is 2. The van der Waals surface area contributed by atoms with Crippen LogP contribution in [0.15, 0.2) is 75.8 Å². The Morgan fingerprint density at radius 2 is 1.94 bits per heavy atom. The molecule has 0 aliphatic carbocycles. The fraction of sp³-hybridized carbons (Fsp3) is 0.222. The summed E-state index contributed by atoms with van der Waals surface area (Å²) in [6.45, 7) is 3.81. The number of carbonyl (C=O) groups is 1. The summed E-state index contributed by atoms with van der Waals surface area (Å²) < 4.78 is 7.55. The number of anilines is 1. The number of aromatic amines is 1. The molecular formula is C27H26N4O3S. The number of aromatic nitrogens is 2. The molecule has 1 aliphatic heterocycles. The zero-order valence-corrected chi connectivity index (χ0v) is 20.8. The van der Waals surface area contributed by atoms with Crippen molar-refractivity contribution in [1.82, 2.24) is 9.55 Å². The number of ether oxygens (including phenoxy) is 1. The average molecular weight is 487 g/mol. The second kappa shape index (κ2) is 9.03. The van der Waals surface area contributed by atoms with E-state index in [4.69, 9.17) is 4.74 Å². The predicted octanol–water partition coefficient (Wildman–Crippen LogP) is 3.35. The molecule has 0 amide bonds. The third-order valence-corrected chi connectivity index (χ3v) is 7.13. The standard InChI is InChI=1S/C27H26N4O3S/c1-5-34-26(33)23-16(2)29-27-31(24(23)17-10-12-19(13-11-17)30(3)4)25(32)22(35-27)14-18-15-28-21-9-7-6-8-20(18)21/h6-15,24,28H,5H2,1-4H3. The van der Waals surface area contributed by atoms with Gasteiger partial charge in [0.1, 0.15) is 0 Å². The molecule has 1 atom stereocenters. The van der Waals surface area contributed by atoms with Crippen LogP contribution in [-0.4, -0.2) is 36.2 Å². The molecule has 0 fully saturated rings. The summed E-state index contributed by atoms with van der Waals surface area (Å²) in [5, 5.41) is 1.04. The molecule has 5 rings (SSSR count). The van der Waals surface area contributed by atoms with Gasteiger partial charge in [-0.15, -0.1) is 0 Å². The van der Waals surface area contributed by atoms with Crippen LogP contribution >= 0.6 is 11.3 Å². The van der Waals surface area contributed by atoms with Gasteiger partial charge >= 0.3 is 5.97 Å². The van der Waals surface area contributed by atoms with Gasteiger partial charge in [-0.25, -0.2) is 9.79 Å². The first-order valence-electron chi connectivity index (χ1n) is 11.4. The zero-order chi connectivity index (χ0) is 24.7. The van der Waals surface area contributed by atoms with Crippen LogP contribution in [0.2, 0.25) is 0 Å². The molecule has 8 heteroatoms. The van der Waals surface area contributed by atoms with Crippen molar-refractivity contribution < 1.29 is 9.53 Å². The lowest BCUT2D eigenvalue weighted by Crippen LogP contribution is -2.39. The number of carbonyl (C=O) groups excluding carboxylic acids is 1. The topological polar surface area (TPSA) is 79.7 Å². The van der Waals surface area contributed by atoms with E-state index >= 15 is 0 Å². The van der Waals surface area contributed by atoms with Crippen LogP contribution in [0.25, 0.3) is 17.0 Å². The molecular weight excluding hydrogens is 460 g/mol. The molecule has 35 heavy (non-hydrogen) atoms. The second-order valence-corrected chi connectivity index (χ2v) is 9.59. The lowest BCUT2D eigenvalue weighted by molar-refractivity contribution is -0.139. The molecule has 7 nitrogen and oxygen atoms in total. The second-order valence-electron chi connectivity index (χ2n) is 8.58. The van der Waals surface area contributed by atoms with Crippen LogP contribution < -0.4 is 19.8 Å². The maximum absolute atomic E-state index is 13.8. The molecule has 0 bridgehead atoms. The van der Waals surface area contributed by atoms with Crippen LogP contribution in [0.5, 0.6) is 0 Å². The van der Waals surface area contributed by atoms with Crippen molar-refractivity contribution in [2.75, 3.05) is 25.6 Å². The van der Waals surface area contributed by atoms with Crippen LogP contribution in [0, 0.1) is 0 Å². The van der Waals surface area contributed by atoms with Gasteiger partial charge in [0, 0.05) is 42.4 Å². The minimum absolute atomic E-state index is 0.185. The first-order chi connectivity index (χ1) is 16.9. The van der Waals surface area contributed by atoms with Gasteiger partial charge in [0.25, 0.3) is 5.56 Å². The molecule has 1 N–H and O–H groups in total. The number of nitrogens with one attached hydrogen (secondary N) is 1. The summed E-state index contributed by atoms with van der Waals surface area (Å²) >= 11 is 1.33. The highest BCUT2D eigenvalue weighted by atomic mass is 32.1. The number of hydrogen-bond donors (Lipinski definition) is 1. The van der Waals surface area contributed by atoms with Crippen molar-refractivity contribution in [3.8, 4) is 0 Å². The lowest BCUT2D eigenvalue weighted by Gasteiger charge is -2.25. The Labute approximate surface area is 206 Å². The molecule has 0 saturated heterocycles. The minimum atomic E-state index is -0.619. The molecule has 1 unspecified atom stereocenters. The van der Waals surface area contributed by atoms with Gasteiger partial charge in [-0.3, -0.25) is 9.36 Å². The van der Waals surface area contributed by atoms with E-state index < -0.39 is 12.0 Å². The van der Waals surface area contributed by atoms with E-state index in [9.17, 15) is 9.59 Å². The molecule has 2 aromatic heterocycles. The summed E-state index contributed by atoms with van der Waals surface area (Å²) in [7, 11) is 3.94. The Balaban J connectivity index is 1.72. The van der Waals surface area contributed by atoms with Crippen molar-refractivity contribution in [3.05, 3.63) is 96.8 Å². The fourth-order valence-corrected chi connectivity index (χ4v) is 5.45. The van der Waals surface area contributed by atoms with Crippen LogP contribution in [0.1, 0.15) is 31.0 Å². The quantitative estimate of drug-likeness (QED) is 0.439. The van der Waals surface area contributed by atoms with Gasteiger partial charge in [-0.2, -0.15) is 0 Å². The van der Waals surface area contributed by atoms with E-state index in [1.807, 2.05) is 79.8 Å². The molecule has 3 heterocycles. The Morgan fingerprint density at radius 1 is 1.20 bits per heavy atom. The van der Waals surface area contributed by atoms with Crippen molar-refractivity contribution in [3.63, 3.8) is 0 Å². The van der Waals surface area contributed by atoms with Crippen LogP contribution in [0.3, 0.4) is 0 Å². The minimum Gasteiger partial charge on any atom is -0.463 e. The van der Waals surface area contributed by atoms with E-state index in [0.29, 0.717) is 20.6 Å². The summed E-state index contributed by atoms with van der Waals surface area (Å²) in [5.41, 5.74) is 4.55. The number of H-pyrrole nitrogens is 1. The van der Waals surface area contributed by atoms with Crippen molar-refractivity contribution in [1.29, 1.82) is 0 Å². The van der Waals surface area contributed by atoms with Crippen molar-refractivity contribution in [2.45, 2.75) is 19.9 Å². The molecule has 4 aromatic rings. The smallest absolute Gasteiger partial charge is 0.338 e. The van der Waals surface area contributed by atoms with E-state index in [1.54, 1.807) is 18.4 Å².